The monoisotopic (exact) mass is 297 g/mol. The van der Waals surface area contributed by atoms with Gasteiger partial charge in [0.2, 0.25) is 0 Å². The Morgan fingerprint density at radius 3 is 2.09 bits per heavy atom. The van der Waals surface area contributed by atoms with Crippen LogP contribution in [-0.2, 0) is 11.3 Å². The van der Waals surface area contributed by atoms with Gasteiger partial charge in [-0.25, -0.2) is 0 Å². The summed E-state index contributed by atoms with van der Waals surface area (Å²) in [4.78, 5) is 12.8. The fourth-order valence-corrected chi connectivity index (χ4v) is 2.56. The quantitative estimate of drug-likeness (QED) is 0.910. The van der Waals surface area contributed by atoms with E-state index >= 15 is 0 Å². The highest BCUT2D eigenvalue weighted by Gasteiger charge is 2.16. The predicted molar refractivity (Wildman–Crippen MR) is 89.9 cm³/mol. The molecule has 2 aromatic rings. The molecule has 3 heteroatoms. The van der Waals surface area contributed by atoms with Gasteiger partial charge in [-0.05, 0) is 44.5 Å². The van der Waals surface area contributed by atoms with Gasteiger partial charge in [0.05, 0.1) is 0 Å². The summed E-state index contributed by atoms with van der Waals surface area (Å²) in [5.74, 6) is -0.797. The molecule has 0 fully saturated rings. The van der Waals surface area contributed by atoms with Gasteiger partial charge in [0.25, 0.3) is 0 Å². The van der Waals surface area contributed by atoms with Gasteiger partial charge in [-0.2, -0.15) is 0 Å². The second-order valence-electron chi connectivity index (χ2n) is 6.00. The lowest BCUT2D eigenvalue weighted by Gasteiger charge is -2.21. The number of rotatable bonds is 5. The molecule has 2 rings (SSSR count). The molecular weight excluding hydrogens is 274 g/mol. The number of hydrogen-bond acceptors (Lipinski definition) is 2. The van der Waals surface area contributed by atoms with Crippen LogP contribution in [0.1, 0.15) is 23.6 Å². The van der Waals surface area contributed by atoms with Gasteiger partial charge in [-0.15, -0.1) is 0 Å². The van der Waals surface area contributed by atoms with Gasteiger partial charge in [0, 0.05) is 6.54 Å². The second-order valence-corrected chi connectivity index (χ2v) is 6.00. The number of benzene rings is 2. The third-order valence-corrected chi connectivity index (χ3v) is 3.96. The SMILES string of the molecule is Cc1cc(C)cc(-c2ccc(CN(C)C(C)C(=O)O)cc2)c1. The smallest absolute Gasteiger partial charge is 0.320 e. The van der Waals surface area contributed by atoms with E-state index in [2.05, 4.69) is 56.3 Å². The molecule has 0 aliphatic heterocycles. The molecule has 3 nitrogen and oxygen atoms in total. The summed E-state index contributed by atoms with van der Waals surface area (Å²) in [6.07, 6.45) is 0. The highest BCUT2D eigenvalue weighted by atomic mass is 16.4. The van der Waals surface area contributed by atoms with Crippen molar-refractivity contribution in [1.29, 1.82) is 0 Å². The van der Waals surface area contributed by atoms with Crippen LogP contribution < -0.4 is 0 Å². The first-order valence-electron chi connectivity index (χ1n) is 7.47. The molecule has 1 N–H and O–H groups in total. The largest absolute Gasteiger partial charge is 0.480 e. The standard InChI is InChI=1S/C19H23NO2/c1-13-9-14(2)11-18(10-13)17-7-5-16(6-8-17)12-20(4)15(3)19(21)22/h5-11,15H,12H2,1-4H3,(H,21,22). The number of hydrogen-bond donors (Lipinski definition) is 1. The Hall–Kier alpha value is -2.13. The normalized spacial score (nSPS) is 12.4. The third-order valence-electron chi connectivity index (χ3n) is 3.96. The van der Waals surface area contributed by atoms with Gasteiger partial charge >= 0.3 is 5.97 Å². The van der Waals surface area contributed by atoms with Crippen LogP contribution in [0.3, 0.4) is 0 Å². The minimum atomic E-state index is -0.797. The first-order chi connectivity index (χ1) is 10.4. The zero-order chi connectivity index (χ0) is 16.3. The molecule has 0 spiro atoms. The maximum Gasteiger partial charge on any atom is 0.320 e. The molecule has 2 aromatic carbocycles. The molecule has 0 saturated heterocycles. The van der Waals surface area contributed by atoms with E-state index in [1.165, 1.54) is 22.3 Å². The maximum atomic E-state index is 11.0. The minimum Gasteiger partial charge on any atom is -0.480 e. The van der Waals surface area contributed by atoms with Gasteiger partial charge < -0.3 is 5.11 Å². The van der Waals surface area contributed by atoms with Crippen LogP contribution in [0, 0.1) is 13.8 Å². The molecule has 0 amide bonds. The second kappa shape index (κ2) is 6.75. The minimum absolute atomic E-state index is 0.487. The zero-order valence-corrected chi connectivity index (χ0v) is 13.6. The molecule has 0 aliphatic rings. The number of carbonyl (C=O) groups is 1. The maximum absolute atomic E-state index is 11.0. The van der Waals surface area contributed by atoms with E-state index in [9.17, 15) is 4.79 Å². The van der Waals surface area contributed by atoms with Gasteiger partial charge in [0.15, 0.2) is 0 Å². The van der Waals surface area contributed by atoms with Crippen LogP contribution in [0.15, 0.2) is 42.5 Å². The van der Waals surface area contributed by atoms with E-state index in [1.807, 2.05) is 11.9 Å². The molecular formula is C19H23NO2. The molecule has 0 saturated carbocycles. The topological polar surface area (TPSA) is 40.5 Å². The van der Waals surface area contributed by atoms with E-state index in [-0.39, 0.29) is 0 Å². The first-order valence-corrected chi connectivity index (χ1v) is 7.47. The first kappa shape index (κ1) is 16.2. The molecule has 1 atom stereocenters. The summed E-state index contributed by atoms with van der Waals surface area (Å²) in [6.45, 7) is 6.53. The Balaban J connectivity index is 2.15. The number of nitrogens with zero attached hydrogens (tertiary/aromatic N) is 1. The number of carboxylic acids is 1. The summed E-state index contributed by atoms with van der Waals surface area (Å²) < 4.78 is 0. The number of carboxylic acid groups (broad SMARTS) is 1. The summed E-state index contributed by atoms with van der Waals surface area (Å²) >= 11 is 0. The Morgan fingerprint density at radius 2 is 1.59 bits per heavy atom. The Morgan fingerprint density at radius 1 is 1.05 bits per heavy atom. The van der Waals surface area contributed by atoms with Crippen molar-refractivity contribution in [2.75, 3.05) is 7.05 Å². The molecule has 116 valence electrons. The molecule has 0 radical (unpaired) electrons. The predicted octanol–water partition coefficient (Wildman–Crippen LogP) is 3.88. The van der Waals surface area contributed by atoms with Crippen molar-refractivity contribution >= 4 is 5.97 Å². The van der Waals surface area contributed by atoms with E-state index in [0.717, 1.165) is 5.56 Å². The zero-order valence-electron chi connectivity index (χ0n) is 13.6. The highest BCUT2D eigenvalue weighted by molar-refractivity contribution is 5.72. The highest BCUT2D eigenvalue weighted by Crippen LogP contribution is 2.23. The van der Waals surface area contributed by atoms with Crippen molar-refractivity contribution in [1.82, 2.24) is 4.90 Å². The van der Waals surface area contributed by atoms with Crippen molar-refractivity contribution in [3.05, 3.63) is 59.2 Å². The Kier molecular flexibility index (Phi) is 4.99. The number of aryl methyl sites for hydroxylation is 2. The van der Waals surface area contributed by atoms with Crippen molar-refractivity contribution in [2.45, 2.75) is 33.4 Å². The van der Waals surface area contributed by atoms with E-state index in [1.54, 1.807) is 6.92 Å². The van der Waals surface area contributed by atoms with E-state index in [0.29, 0.717) is 6.54 Å². The van der Waals surface area contributed by atoms with Crippen LogP contribution in [-0.4, -0.2) is 29.1 Å². The lowest BCUT2D eigenvalue weighted by atomic mass is 9.99. The van der Waals surface area contributed by atoms with Gasteiger partial charge in [-0.1, -0.05) is 53.6 Å². The number of likely N-dealkylation sites (N-methyl/N-ethyl adjacent to an activating group) is 1. The summed E-state index contributed by atoms with van der Waals surface area (Å²) in [7, 11) is 1.83. The van der Waals surface area contributed by atoms with Crippen LogP contribution >= 0.6 is 0 Å². The summed E-state index contributed by atoms with van der Waals surface area (Å²) in [5.41, 5.74) is 6.03. The van der Waals surface area contributed by atoms with Crippen molar-refractivity contribution in [2.24, 2.45) is 0 Å². The van der Waals surface area contributed by atoms with Gasteiger partial charge in [0.1, 0.15) is 6.04 Å². The number of aliphatic carboxylic acids is 1. The van der Waals surface area contributed by atoms with Crippen LogP contribution in [0.2, 0.25) is 0 Å². The van der Waals surface area contributed by atoms with Crippen LogP contribution in [0.5, 0.6) is 0 Å². The molecule has 0 aromatic heterocycles. The lowest BCUT2D eigenvalue weighted by Crippen LogP contribution is -2.35. The van der Waals surface area contributed by atoms with Gasteiger partial charge in [-0.3, -0.25) is 9.69 Å². The summed E-state index contributed by atoms with van der Waals surface area (Å²) in [6, 6.07) is 14.4. The molecule has 1 unspecified atom stereocenters. The Labute approximate surface area is 132 Å². The van der Waals surface area contributed by atoms with E-state index in [4.69, 9.17) is 5.11 Å². The fraction of sp³-hybridized carbons (Fsp3) is 0.316. The van der Waals surface area contributed by atoms with Crippen LogP contribution in [0.4, 0.5) is 0 Å². The van der Waals surface area contributed by atoms with Crippen molar-refractivity contribution in [3.63, 3.8) is 0 Å². The fourth-order valence-electron chi connectivity index (χ4n) is 2.56. The van der Waals surface area contributed by atoms with Crippen molar-refractivity contribution in [3.8, 4) is 11.1 Å². The lowest BCUT2D eigenvalue weighted by molar-refractivity contribution is -0.142. The third kappa shape index (κ3) is 3.95. The average Bonchev–Trinajstić information content (AvgIpc) is 2.46. The molecule has 22 heavy (non-hydrogen) atoms. The Bertz CT molecular complexity index is 641. The van der Waals surface area contributed by atoms with E-state index < -0.39 is 12.0 Å². The average molecular weight is 297 g/mol. The summed E-state index contributed by atoms with van der Waals surface area (Å²) in [5, 5.41) is 9.03. The molecule has 0 heterocycles. The molecule has 0 bridgehead atoms. The molecule has 0 aliphatic carbocycles. The van der Waals surface area contributed by atoms with Crippen molar-refractivity contribution < 1.29 is 9.90 Å². The van der Waals surface area contributed by atoms with Crippen LogP contribution in [0.25, 0.3) is 11.1 Å².